The third kappa shape index (κ3) is 6.11. The molecule has 3 aliphatic rings. The van der Waals surface area contributed by atoms with Crippen molar-refractivity contribution in [1.82, 2.24) is 0 Å². The summed E-state index contributed by atoms with van der Waals surface area (Å²) in [5.41, 5.74) is 30.8. The summed E-state index contributed by atoms with van der Waals surface area (Å²) in [4.78, 5) is 0. The van der Waals surface area contributed by atoms with Crippen molar-refractivity contribution in [2.24, 2.45) is 0 Å². The quantitative estimate of drug-likeness (QED) is 0.156. The second kappa shape index (κ2) is 15.1. The zero-order valence-corrected chi connectivity index (χ0v) is 39.6. The van der Waals surface area contributed by atoms with Crippen LogP contribution in [0.15, 0.2) is 243 Å². The zero-order chi connectivity index (χ0) is 47.0. The first-order valence-corrected chi connectivity index (χ1v) is 25.0. The van der Waals surface area contributed by atoms with Crippen LogP contribution in [-0.2, 0) is 5.41 Å². The zero-order valence-electron chi connectivity index (χ0n) is 39.6. The highest BCUT2D eigenvalue weighted by atomic mass is 14.4. The topological polar surface area (TPSA) is 0 Å². The highest BCUT2D eigenvalue weighted by Crippen LogP contribution is 2.52. The molecule has 0 bridgehead atoms. The van der Waals surface area contributed by atoms with Gasteiger partial charge in [0, 0.05) is 5.41 Å². The normalized spacial score (nSPS) is 13.0. The number of rotatable bonds is 6. The van der Waals surface area contributed by atoms with E-state index in [-0.39, 0.29) is 5.41 Å². The van der Waals surface area contributed by atoms with Gasteiger partial charge in [-0.15, -0.1) is 0 Å². The number of hydrogen-bond donors (Lipinski definition) is 0. The van der Waals surface area contributed by atoms with Crippen molar-refractivity contribution in [2.75, 3.05) is 0 Å². The number of benzene rings is 12. The Morgan fingerprint density at radius 1 is 0.197 bits per heavy atom. The molecule has 0 fully saturated rings. The summed E-state index contributed by atoms with van der Waals surface area (Å²) in [6, 6.07) is 91.0. The molecule has 3 aliphatic carbocycles. The van der Waals surface area contributed by atoms with Gasteiger partial charge in [0.2, 0.25) is 0 Å². The van der Waals surface area contributed by atoms with Crippen molar-refractivity contribution >= 4 is 21.5 Å². The van der Waals surface area contributed by atoms with Gasteiger partial charge in [0.05, 0.1) is 0 Å². The summed E-state index contributed by atoms with van der Waals surface area (Å²) < 4.78 is 0. The number of hydrogen-bond acceptors (Lipinski definition) is 0. The van der Waals surface area contributed by atoms with E-state index >= 15 is 0 Å². The Balaban J connectivity index is 0.641. The maximum atomic E-state index is 2.43. The maximum absolute atomic E-state index is 2.43. The predicted octanol–water partition coefficient (Wildman–Crippen LogP) is 19.6. The van der Waals surface area contributed by atoms with Crippen LogP contribution < -0.4 is 0 Å². The minimum Gasteiger partial charge on any atom is -0.0610 e. The second-order valence-corrected chi connectivity index (χ2v) is 20.4. The van der Waals surface area contributed by atoms with E-state index in [1.54, 1.807) is 0 Å². The first-order valence-electron chi connectivity index (χ1n) is 25.0. The summed E-state index contributed by atoms with van der Waals surface area (Å²) in [5, 5.41) is 5.36. The van der Waals surface area contributed by atoms with Crippen LogP contribution in [0.2, 0.25) is 0 Å². The third-order valence-electron chi connectivity index (χ3n) is 16.2. The summed E-state index contributed by atoms with van der Waals surface area (Å²) >= 11 is 0. The minimum absolute atomic E-state index is 0.131. The molecule has 0 nitrogen and oxygen atoms in total. The van der Waals surface area contributed by atoms with E-state index in [1.165, 1.54) is 155 Å². The van der Waals surface area contributed by atoms with Crippen LogP contribution in [0.5, 0.6) is 0 Å². The molecule has 0 radical (unpaired) electrons. The van der Waals surface area contributed by atoms with Crippen LogP contribution in [-0.4, -0.2) is 0 Å². The Labute approximate surface area is 414 Å². The molecule has 0 heteroatoms. The van der Waals surface area contributed by atoms with Crippen LogP contribution in [0.1, 0.15) is 25.0 Å². The average Bonchev–Trinajstić information content (AvgIpc) is 4.02. The van der Waals surface area contributed by atoms with E-state index < -0.39 is 0 Å². The van der Waals surface area contributed by atoms with Crippen LogP contribution >= 0.6 is 0 Å². The molecule has 71 heavy (non-hydrogen) atoms. The minimum atomic E-state index is -0.131. The van der Waals surface area contributed by atoms with E-state index in [4.69, 9.17) is 0 Å². The Bertz CT molecular complexity index is 4170. The summed E-state index contributed by atoms with van der Waals surface area (Å²) in [5.74, 6) is 0. The van der Waals surface area contributed by atoms with Gasteiger partial charge in [0.15, 0.2) is 0 Å². The summed E-state index contributed by atoms with van der Waals surface area (Å²) in [7, 11) is 0. The van der Waals surface area contributed by atoms with Gasteiger partial charge in [-0.3, -0.25) is 0 Å². The molecular formula is C71H46. The molecule has 0 saturated carbocycles. The molecule has 0 spiro atoms. The molecule has 15 rings (SSSR count). The van der Waals surface area contributed by atoms with E-state index in [0.717, 1.165) is 0 Å². The van der Waals surface area contributed by atoms with Gasteiger partial charge in [-0.25, -0.2) is 0 Å². The lowest BCUT2D eigenvalue weighted by Gasteiger charge is -2.22. The van der Waals surface area contributed by atoms with Gasteiger partial charge in [-0.1, -0.05) is 232 Å². The monoisotopic (exact) mass is 898 g/mol. The van der Waals surface area contributed by atoms with Crippen molar-refractivity contribution in [2.45, 2.75) is 19.3 Å². The SMILES string of the molecule is CC1(C)c2cc(-c3ccc(-c4ccc(-c5ccc(-c6ccc7c(c6)-c6cccc8cccc-7c68)cc5)cc4)cc3)ccc2-c2ccc(-c3ccc(-c4ccc5c(c4)-c4cccc6cccc-5c46)cc3)cc21. The Hall–Kier alpha value is -8.84. The fourth-order valence-electron chi connectivity index (χ4n) is 12.5. The molecule has 12 aromatic rings. The van der Waals surface area contributed by atoms with E-state index in [1.807, 2.05) is 0 Å². The van der Waals surface area contributed by atoms with Gasteiger partial charge < -0.3 is 0 Å². The van der Waals surface area contributed by atoms with Crippen LogP contribution in [0, 0.1) is 0 Å². The standard InChI is InChI=1S/C71H46/c1-71(2)67-41-55(33-37-59(67)60-38-34-56(42-68(60)71)50-29-27-48(28-30-50)54-32-36-58-62-12-4-8-52-10-6-14-64(70(52)62)66(58)40-54)49-25-21-46(22-26-49)44-17-15-43(16-18-44)45-19-23-47(24-20-45)53-31-35-57-61-11-3-7-51-9-5-13-63(69(51)61)65(57)39-53/h3-42H,1-2H3. The molecule has 0 unspecified atom stereocenters. The van der Waals surface area contributed by atoms with E-state index in [2.05, 4.69) is 257 Å². The lowest BCUT2D eigenvalue weighted by Crippen LogP contribution is -2.15. The highest BCUT2D eigenvalue weighted by molar-refractivity contribution is 6.17. The molecule has 0 heterocycles. The summed E-state index contributed by atoms with van der Waals surface area (Å²) in [6.45, 7) is 4.77. The maximum Gasteiger partial charge on any atom is 0.0159 e. The summed E-state index contributed by atoms with van der Waals surface area (Å²) in [6.07, 6.45) is 0. The van der Waals surface area contributed by atoms with Crippen LogP contribution in [0.25, 0.3) is 144 Å². The van der Waals surface area contributed by atoms with Crippen molar-refractivity contribution < 1.29 is 0 Å². The van der Waals surface area contributed by atoms with Crippen LogP contribution in [0.3, 0.4) is 0 Å². The van der Waals surface area contributed by atoms with Crippen molar-refractivity contribution in [3.05, 3.63) is 254 Å². The first-order chi connectivity index (χ1) is 34.9. The van der Waals surface area contributed by atoms with Crippen molar-refractivity contribution in [3.8, 4) is 122 Å². The molecule has 0 atom stereocenters. The predicted molar refractivity (Wildman–Crippen MR) is 300 cm³/mol. The lowest BCUT2D eigenvalue weighted by atomic mass is 9.80. The molecule has 0 aromatic heterocycles. The molecular weight excluding hydrogens is 853 g/mol. The number of fused-ring (bicyclic) bond motifs is 9. The van der Waals surface area contributed by atoms with Crippen molar-refractivity contribution in [1.29, 1.82) is 0 Å². The Morgan fingerprint density at radius 2 is 0.437 bits per heavy atom. The molecule has 0 N–H and O–H groups in total. The largest absolute Gasteiger partial charge is 0.0610 e. The van der Waals surface area contributed by atoms with Crippen molar-refractivity contribution in [3.63, 3.8) is 0 Å². The van der Waals surface area contributed by atoms with Crippen LogP contribution in [0.4, 0.5) is 0 Å². The smallest absolute Gasteiger partial charge is 0.0159 e. The molecule has 0 saturated heterocycles. The molecule has 330 valence electrons. The van der Waals surface area contributed by atoms with Gasteiger partial charge in [-0.2, -0.15) is 0 Å². The van der Waals surface area contributed by atoms with Gasteiger partial charge in [0.25, 0.3) is 0 Å². The Kier molecular flexibility index (Phi) is 8.51. The first kappa shape index (κ1) is 40.1. The fraction of sp³-hybridized carbons (Fsp3) is 0.0423. The Morgan fingerprint density at radius 3 is 0.746 bits per heavy atom. The molecule has 0 amide bonds. The fourth-order valence-corrected chi connectivity index (χ4v) is 12.5. The molecule has 12 aromatic carbocycles. The van der Waals surface area contributed by atoms with Gasteiger partial charge in [0.1, 0.15) is 0 Å². The molecule has 0 aliphatic heterocycles. The van der Waals surface area contributed by atoms with E-state index in [9.17, 15) is 0 Å². The average molecular weight is 899 g/mol. The lowest BCUT2D eigenvalue weighted by molar-refractivity contribution is 0.661. The third-order valence-corrected chi connectivity index (χ3v) is 16.2. The second-order valence-electron chi connectivity index (χ2n) is 20.4. The highest BCUT2D eigenvalue weighted by Gasteiger charge is 2.36. The van der Waals surface area contributed by atoms with Gasteiger partial charge in [-0.05, 0) is 179 Å². The van der Waals surface area contributed by atoms with E-state index in [0.29, 0.717) is 0 Å². The van der Waals surface area contributed by atoms with Gasteiger partial charge >= 0.3 is 0 Å².